The number of hydrogen-bond donors (Lipinski definition) is 0. The van der Waals surface area contributed by atoms with Crippen molar-refractivity contribution in [1.29, 1.82) is 0 Å². The van der Waals surface area contributed by atoms with Gasteiger partial charge in [0.05, 0.1) is 6.61 Å². The lowest BCUT2D eigenvalue weighted by Gasteiger charge is -2.47. The molecule has 0 aromatic heterocycles. The van der Waals surface area contributed by atoms with E-state index >= 15 is 0 Å². The van der Waals surface area contributed by atoms with Crippen LogP contribution in [0.5, 0.6) is 0 Å². The molecule has 0 aromatic rings. The number of ether oxygens (including phenoxy) is 1. The lowest BCUT2D eigenvalue weighted by Crippen LogP contribution is -2.47. The van der Waals surface area contributed by atoms with Gasteiger partial charge >= 0.3 is 6.09 Å². The van der Waals surface area contributed by atoms with Crippen molar-refractivity contribution in [3.05, 3.63) is 0 Å². The van der Waals surface area contributed by atoms with Crippen LogP contribution in [0.1, 0.15) is 47.5 Å². The molecule has 0 spiro atoms. The van der Waals surface area contributed by atoms with E-state index in [2.05, 4.69) is 27.7 Å². The molecule has 0 unspecified atom stereocenters. The highest BCUT2D eigenvalue weighted by atomic mass is 16.6. The standard InChI is InChI=1S/C13H25NO2/c1-6-16-11(15)14-9-7-13(5,8-10-14)12(2,3)4/h6-10H2,1-5H3. The molecule has 16 heavy (non-hydrogen) atoms. The molecule has 0 aliphatic carbocycles. The van der Waals surface area contributed by atoms with Gasteiger partial charge in [0.1, 0.15) is 0 Å². The van der Waals surface area contributed by atoms with Crippen molar-refractivity contribution in [2.24, 2.45) is 10.8 Å². The zero-order chi connectivity index (χ0) is 12.4. The molecular weight excluding hydrogens is 202 g/mol. The molecule has 1 aliphatic rings. The normalized spacial score (nSPS) is 20.7. The minimum Gasteiger partial charge on any atom is -0.450 e. The maximum Gasteiger partial charge on any atom is 0.409 e. The summed E-state index contributed by atoms with van der Waals surface area (Å²) in [5.74, 6) is 0. The first-order valence-corrected chi connectivity index (χ1v) is 6.22. The van der Waals surface area contributed by atoms with Crippen LogP contribution in [0.4, 0.5) is 4.79 Å². The van der Waals surface area contributed by atoms with Gasteiger partial charge < -0.3 is 9.64 Å². The van der Waals surface area contributed by atoms with E-state index in [1.165, 1.54) is 0 Å². The summed E-state index contributed by atoms with van der Waals surface area (Å²) in [6, 6.07) is 0. The van der Waals surface area contributed by atoms with Crippen molar-refractivity contribution >= 4 is 6.09 Å². The number of nitrogens with zero attached hydrogens (tertiary/aromatic N) is 1. The van der Waals surface area contributed by atoms with E-state index in [4.69, 9.17) is 4.74 Å². The Hall–Kier alpha value is -0.730. The Balaban J connectivity index is 2.54. The first-order valence-electron chi connectivity index (χ1n) is 6.22. The molecule has 0 N–H and O–H groups in total. The van der Waals surface area contributed by atoms with Crippen LogP contribution >= 0.6 is 0 Å². The van der Waals surface area contributed by atoms with Gasteiger partial charge in [-0.1, -0.05) is 27.7 Å². The quantitative estimate of drug-likeness (QED) is 0.688. The Morgan fingerprint density at radius 1 is 1.31 bits per heavy atom. The molecule has 94 valence electrons. The van der Waals surface area contributed by atoms with Crippen LogP contribution in [0, 0.1) is 10.8 Å². The molecule has 1 rings (SSSR count). The van der Waals surface area contributed by atoms with Gasteiger partial charge in [-0.2, -0.15) is 0 Å². The van der Waals surface area contributed by atoms with E-state index in [1.807, 2.05) is 11.8 Å². The smallest absolute Gasteiger partial charge is 0.409 e. The summed E-state index contributed by atoms with van der Waals surface area (Å²) in [6.07, 6.45) is 1.98. The summed E-state index contributed by atoms with van der Waals surface area (Å²) in [4.78, 5) is 13.4. The van der Waals surface area contributed by atoms with Crippen LogP contribution in [0.2, 0.25) is 0 Å². The molecule has 3 nitrogen and oxygen atoms in total. The van der Waals surface area contributed by atoms with Crippen LogP contribution in [0.15, 0.2) is 0 Å². The van der Waals surface area contributed by atoms with Crippen LogP contribution < -0.4 is 0 Å². The third-order valence-electron chi connectivity index (χ3n) is 4.20. The molecule has 1 fully saturated rings. The van der Waals surface area contributed by atoms with E-state index in [0.717, 1.165) is 25.9 Å². The van der Waals surface area contributed by atoms with Gasteiger partial charge in [0.2, 0.25) is 0 Å². The summed E-state index contributed by atoms with van der Waals surface area (Å²) in [7, 11) is 0. The number of rotatable bonds is 1. The Morgan fingerprint density at radius 2 is 1.81 bits per heavy atom. The third-order valence-corrected chi connectivity index (χ3v) is 4.20. The molecule has 0 atom stereocenters. The van der Waals surface area contributed by atoms with E-state index in [1.54, 1.807) is 0 Å². The molecule has 0 bridgehead atoms. The van der Waals surface area contributed by atoms with Crippen LogP contribution in [-0.4, -0.2) is 30.7 Å². The van der Waals surface area contributed by atoms with Crippen LogP contribution in [0.25, 0.3) is 0 Å². The average molecular weight is 227 g/mol. The SMILES string of the molecule is CCOC(=O)N1CCC(C)(C(C)(C)C)CC1. The number of amides is 1. The fourth-order valence-electron chi connectivity index (χ4n) is 2.15. The van der Waals surface area contributed by atoms with Crippen molar-refractivity contribution in [2.45, 2.75) is 47.5 Å². The zero-order valence-electron chi connectivity index (χ0n) is 11.3. The summed E-state index contributed by atoms with van der Waals surface area (Å²) < 4.78 is 5.02. The van der Waals surface area contributed by atoms with Gasteiger partial charge in [-0.15, -0.1) is 0 Å². The molecule has 1 aliphatic heterocycles. The number of carbonyl (C=O) groups is 1. The van der Waals surface area contributed by atoms with E-state index in [9.17, 15) is 4.79 Å². The Labute approximate surface area is 99.1 Å². The highest BCUT2D eigenvalue weighted by Crippen LogP contribution is 2.46. The lowest BCUT2D eigenvalue weighted by atomic mass is 9.63. The maximum atomic E-state index is 11.6. The molecule has 0 aromatic carbocycles. The van der Waals surface area contributed by atoms with Crippen LogP contribution in [-0.2, 0) is 4.74 Å². The lowest BCUT2D eigenvalue weighted by molar-refractivity contribution is 0.0181. The Morgan fingerprint density at radius 3 is 2.19 bits per heavy atom. The molecular formula is C13H25NO2. The van der Waals surface area contributed by atoms with E-state index < -0.39 is 0 Å². The molecule has 3 heteroatoms. The monoisotopic (exact) mass is 227 g/mol. The van der Waals surface area contributed by atoms with Crippen molar-refractivity contribution < 1.29 is 9.53 Å². The predicted octanol–water partition coefficient (Wildman–Crippen LogP) is 3.29. The second kappa shape index (κ2) is 4.64. The molecule has 1 amide bonds. The van der Waals surface area contributed by atoms with Crippen molar-refractivity contribution in [1.82, 2.24) is 4.90 Å². The minimum absolute atomic E-state index is 0.154. The predicted molar refractivity (Wildman–Crippen MR) is 65.4 cm³/mol. The Bertz CT molecular complexity index is 247. The first kappa shape index (κ1) is 13.3. The van der Waals surface area contributed by atoms with Crippen molar-refractivity contribution in [2.75, 3.05) is 19.7 Å². The molecule has 0 radical (unpaired) electrons. The van der Waals surface area contributed by atoms with Gasteiger partial charge in [-0.25, -0.2) is 4.79 Å². The fourth-order valence-corrected chi connectivity index (χ4v) is 2.15. The molecule has 1 saturated heterocycles. The number of likely N-dealkylation sites (tertiary alicyclic amines) is 1. The first-order chi connectivity index (χ1) is 7.30. The van der Waals surface area contributed by atoms with Crippen molar-refractivity contribution in [3.8, 4) is 0 Å². The van der Waals surface area contributed by atoms with Crippen LogP contribution in [0.3, 0.4) is 0 Å². The number of carbonyl (C=O) groups excluding carboxylic acids is 1. The number of hydrogen-bond acceptors (Lipinski definition) is 2. The largest absolute Gasteiger partial charge is 0.450 e. The minimum atomic E-state index is -0.154. The fraction of sp³-hybridized carbons (Fsp3) is 0.923. The van der Waals surface area contributed by atoms with E-state index in [0.29, 0.717) is 17.4 Å². The van der Waals surface area contributed by atoms with Gasteiger partial charge in [0.15, 0.2) is 0 Å². The molecule has 0 saturated carbocycles. The third kappa shape index (κ3) is 2.69. The van der Waals surface area contributed by atoms with Gasteiger partial charge in [0, 0.05) is 13.1 Å². The highest BCUT2D eigenvalue weighted by Gasteiger charge is 2.40. The summed E-state index contributed by atoms with van der Waals surface area (Å²) >= 11 is 0. The van der Waals surface area contributed by atoms with Gasteiger partial charge in [0.25, 0.3) is 0 Å². The summed E-state index contributed by atoms with van der Waals surface area (Å²) in [5.41, 5.74) is 0.629. The maximum absolute atomic E-state index is 11.6. The zero-order valence-corrected chi connectivity index (χ0v) is 11.3. The topological polar surface area (TPSA) is 29.5 Å². The highest BCUT2D eigenvalue weighted by molar-refractivity contribution is 5.67. The average Bonchev–Trinajstić information content (AvgIpc) is 2.17. The molecule has 1 heterocycles. The van der Waals surface area contributed by atoms with Gasteiger partial charge in [-0.3, -0.25) is 0 Å². The Kier molecular flexibility index (Phi) is 3.87. The van der Waals surface area contributed by atoms with Gasteiger partial charge in [-0.05, 0) is 30.6 Å². The summed E-state index contributed by atoms with van der Waals surface area (Å²) in [5, 5.41) is 0. The number of piperidine rings is 1. The second-order valence-corrected chi connectivity index (χ2v) is 6.00. The van der Waals surface area contributed by atoms with E-state index in [-0.39, 0.29) is 6.09 Å². The second-order valence-electron chi connectivity index (χ2n) is 6.00. The summed E-state index contributed by atoms with van der Waals surface area (Å²) in [6.45, 7) is 13.1. The van der Waals surface area contributed by atoms with Crippen molar-refractivity contribution in [3.63, 3.8) is 0 Å².